The van der Waals surface area contributed by atoms with Crippen LogP contribution in [0.4, 0.5) is 5.95 Å². The smallest absolute Gasteiger partial charge is 0.224 e. The molecule has 10 heteroatoms. The largest absolute Gasteiger partial charge is 0.351 e. The van der Waals surface area contributed by atoms with Crippen LogP contribution in [0.2, 0.25) is 0 Å². The first-order valence-electron chi connectivity index (χ1n) is 12.9. The van der Waals surface area contributed by atoms with Gasteiger partial charge in [-0.1, -0.05) is 12.8 Å². The van der Waals surface area contributed by atoms with Crippen LogP contribution in [0, 0.1) is 11.8 Å². The number of nitrogens with one attached hydrogen (secondary N) is 1. The summed E-state index contributed by atoms with van der Waals surface area (Å²) in [6.07, 6.45) is 11.1. The van der Waals surface area contributed by atoms with Gasteiger partial charge in [-0.05, 0) is 56.4 Å². The average molecular weight is 517 g/mol. The number of carbonyl (C=O) groups is 2. The summed E-state index contributed by atoms with van der Waals surface area (Å²) in [6, 6.07) is -0.0579. The molecule has 1 unspecified atom stereocenters. The van der Waals surface area contributed by atoms with E-state index >= 15 is 0 Å². The molecule has 8 nitrogen and oxygen atoms in total. The minimum atomic E-state index is -2.99. The lowest BCUT2D eigenvalue weighted by Gasteiger charge is -2.26. The molecular formula is C25H32N4O4S2. The molecule has 2 atom stereocenters. The van der Waals surface area contributed by atoms with Crippen molar-refractivity contribution in [3.05, 3.63) is 27.2 Å². The molecule has 0 spiro atoms. The standard InChI is InChI=1S/C25H32N4O4S2/c30-20(7-3-15-1-2-15)24-19-11-18(6-8-22(19)34-23(24)12-21(31)16-4-5-16)29-14-26-28-25(29)27-17-9-10-35(32,33)13-17/h14-18H,1-13H2,(H,27,28)/t17?,18-/m0/s1. The van der Waals surface area contributed by atoms with Gasteiger partial charge in [0.05, 0.1) is 11.5 Å². The lowest BCUT2D eigenvalue weighted by molar-refractivity contribution is -0.119. The van der Waals surface area contributed by atoms with Crippen LogP contribution in [0.3, 0.4) is 0 Å². The van der Waals surface area contributed by atoms with E-state index in [1.165, 1.54) is 17.7 Å². The van der Waals surface area contributed by atoms with Crippen LogP contribution >= 0.6 is 11.3 Å². The van der Waals surface area contributed by atoms with Crippen molar-refractivity contribution in [1.82, 2.24) is 14.8 Å². The van der Waals surface area contributed by atoms with Gasteiger partial charge in [0.1, 0.15) is 12.1 Å². The van der Waals surface area contributed by atoms with Crippen molar-refractivity contribution in [3.8, 4) is 0 Å². The van der Waals surface area contributed by atoms with Crippen LogP contribution in [0.1, 0.15) is 83.1 Å². The van der Waals surface area contributed by atoms with E-state index in [-0.39, 0.29) is 41.1 Å². The highest BCUT2D eigenvalue weighted by atomic mass is 32.2. The highest BCUT2D eigenvalue weighted by Crippen LogP contribution is 2.42. The second-order valence-electron chi connectivity index (χ2n) is 10.8. The van der Waals surface area contributed by atoms with E-state index in [2.05, 4.69) is 15.5 Å². The molecular weight excluding hydrogens is 484 g/mol. The Labute approximate surface area is 209 Å². The van der Waals surface area contributed by atoms with Crippen molar-refractivity contribution >= 4 is 38.7 Å². The second kappa shape index (κ2) is 9.10. The average Bonchev–Trinajstić information content (AvgIpc) is 3.73. The lowest BCUT2D eigenvalue weighted by Crippen LogP contribution is -2.26. The minimum absolute atomic E-state index is 0.0922. The quantitative estimate of drug-likeness (QED) is 0.481. The topological polar surface area (TPSA) is 111 Å². The zero-order chi connectivity index (χ0) is 24.2. The SMILES string of the molecule is O=C(CCC1CC1)c1c(CC(=O)C2CC2)sc2c1C[C@@H](n1cnnc1NC1CCS(=O)(=O)C1)CC2. The molecule has 3 heterocycles. The molecule has 3 fully saturated rings. The maximum Gasteiger partial charge on any atom is 0.224 e. The van der Waals surface area contributed by atoms with Crippen LogP contribution in [0.25, 0.3) is 0 Å². The third kappa shape index (κ3) is 5.09. The maximum atomic E-state index is 13.4. The molecule has 1 saturated heterocycles. The molecule has 2 aromatic heterocycles. The Morgan fingerprint density at radius 2 is 1.97 bits per heavy atom. The molecule has 3 aliphatic carbocycles. The fourth-order valence-corrected chi connectivity index (χ4v) is 8.64. The number of aromatic nitrogens is 3. The molecule has 0 bridgehead atoms. The van der Waals surface area contributed by atoms with Gasteiger partial charge in [0.2, 0.25) is 5.95 Å². The normalized spacial score (nSPS) is 25.4. The van der Waals surface area contributed by atoms with Gasteiger partial charge in [0, 0.05) is 46.2 Å². The molecule has 188 valence electrons. The summed E-state index contributed by atoms with van der Waals surface area (Å²) in [4.78, 5) is 28.3. The molecule has 35 heavy (non-hydrogen) atoms. The summed E-state index contributed by atoms with van der Waals surface area (Å²) in [5.74, 6) is 2.30. The third-order valence-electron chi connectivity index (χ3n) is 7.96. The summed E-state index contributed by atoms with van der Waals surface area (Å²) in [7, 11) is -2.99. The highest BCUT2D eigenvalue weighted by molar-refractivity contribution is 7.91. The van der Waals surface area contributed by atoms with Crippen molar-refractivity contribution < 1.29 is 18.0 Å². The molecule has 1 aliphatic heterocycles. The Balaban J connectivity index is 1.24. The molecule has 0 aromatic carbocycles. The molecule has 6 rings (SSSR count). The number of nitrogens with zero attached hydrogens (tertiary/aromatic N) is 3. The molecule has 1 N–H and O–H groups in total. The van der Waals surface area contributed by atoms with Crippen molar-refractivity contribution in [3.63, 3.8) is 0 Å². The van der Waals surface area contributed by atoms with E-state index in [4.69, 9.17) is 0 Å². The number of carbonyl (C=O) groups excluding carboxylic acids is 2. The Hall–Kier alpha value is -2.07. The van der Waals surface area contributed by atoms with Gasteiger partial charge in [-0.25, -0.2) is 8.42 Å². The molecule has 4 aliphatic rings. The van der Waals surface area contributed by atoms with E-state index in [0.717, 1.165) is 48.1 Å². The predicted molar refractivity (Wildman–Crippen MR) is 134 cm³/mol. The Kier molecular flexibility index (Phi) is 6.07. The number of thiophene rings is 1. The lowest BCUT2D eigenvalue weighted by atomic mass is 9.88. The van der Waals surface area contributed by atoms with E-state index in [0.29, 0.717) is 37.5 Å². The van der Waals surface area contributed by atoms with Gasteiger partial charge in [-0.15, -0.1) is 21.5 Å². The Morgan fingerprint density at radius 1 is 1.14 bits per heavy atom. The first-order chi connectivity index (χ1) is 16.9. The maximum absolute atomic E-state index is 13.4. The number of sulfone groups is 1. The van der Waals surface area contributed by atoms with Gasteiger partial charge in [-0.3, -0.25) is 14.2 Å². The summed E-state index contributed by atoms with van der Waals surface area (Å²) in [5.41, 5.74) is 1.95. The van der Waals surface area contributed by atoms with Crippen molar-refractivity contribution in [2.75, 3.05) is 16.8 Å². The van der Waals surface area contributed by atoms with E-state index in [1.807, 2.05) is 4.57 Å². The summed E-state index contributed by atoms with van der Waals surface area (Å²) < 4.78 is 25.8. The first-order valence-corrected chi connectivity index (χ1v) is 15.6. The predicted octanol–water partition coefficient (Wildman–Crippen LogP) is 3.56. The van der Waals surface area contributed by atoms with Gasteiger partial charge in [0.15, 0.2) is 15.6 Å². The van der Waals surface area contributed by atoms with Gasteiger partial charge >= 0.3 is 0 Å². The number of aryl methyl sites for hydroxylation is 1. The molecule has 2 aromatic rings. The number of Topliss-reactive ketones (excluding diaryl/α,β-unsaturated/α-hetero) is 2. The van der Waals surface area contributed by atoms with Crippen molar-refractivity contribution in [2.45, 2.75) is 82.7 Å². The minimum Gasteiger partial charge on any atom is -0.351 e. The Bertz CT molecular complexity index is 1260. The fourth-order valence-electron chi connectivity index (χ4n) is 5.59. The van der Waals surface area contributed by atoms with E-state index in [1.54, 1.807) is 17.7 Å². The van der Waals surface area contributed by atoms with Gasteiger partial charge in [-0.2, -0.15) is 0 Å². The highest BCUT2D eigenvalue weighted by Gasteiger charge is 2.35. The monoisotopic (exact) mass is 516 g/mol. The van der Waals surface area contributed by atoms with Gasteiger partial charge in [0.25, 0.3) is 0 Å². The van der Waals surface area contributed by atoms with E-state index < -0.39 is 9.84 Å². The number of hydrogen-bond donors (Lipinski definition) is 1. The number of fused-ring (bicyclic) bond motifs is 1. The van der Waals surface area contributed by atoms with Gasteiger partial charge < -0.3 is 5.32 Å². The first kappa shape index (κ1) is 23.3. The van der Waals surface area contributed by atoms with E-state index in [9.17, 15) is 18.0 Å². The number of rotatable bonds is 10. The zero-order valence-electron chi connectivity index (χ0n) is 19.9. The number of hydrogen-bond acceptors (Lipinski definition) is 8. The van der Waals surface area contributed by atoms with Crippen molar-refractivity contribution in [2.24, 2.45) is 11.8 Å². The Morgan fingerprint density at radius 3 is 2.69 bits per heavy atom. The molecule has 2 saturated carbocycles. The number of ketones is 2. The fraction of sp³-hybridized carbons (Fsp3) is 0.680. The van der Waals surface area contributed by atoms with Crippen LogP contribution < -0.4 is 5.32 Å². The second-order valence-corrected chi connectivity index (χ2v) is 14.2. The van der Waals surface area contributed by atoms with Crippen molar-refractivity contribution in [1.29, 1.82) is 0 Å². The molecule has 0 radical (unpaired) electrons. The van der Waals surface area contributed by atoms with Crippen LogP contribution in [-0.2, 0) is 33.9 Å². The zero-order valence-corrected chi connectivity index (χ0v) is 21.5. The van der Waals surface area contributed by atoms with Crippen LogP contribution in [0.5, 0.6) is 0 Å². The third-order valence-corrected chi connectivity index (χ3v) is 11.0. The summed E-state index contributed by atoms with van der Waals surface area (Å²) in [5, 5.41) is 11.6. The van der Waals surface area contributed by atoms with Crippen LogP contribution in [0.15, 0.2) is 6.33 Å². The van der Waals surface area contributed by atoms with Crippen LogP contribution in [-0.4, -0.2) is 52.3 Å². The summed E-state index contributed by atoms with van der Waals surface area (Å²) >= 11 is 1.68. The number of anilines is 1. The summed E-state index contributed by atoms with van der Waals surface area (Å²) in [6.45, 7) is 0. The molecule has 0 amide bonds.